The van der Waals surface area contributed by atoms with Crippen LogP contribution in [0.5, 0.6) is 0 Å². The summed E-state index contributed by atoms with van der Waals surface area (Å²) in [5.74, 6) is -0.179. The van der Waals surface area contributed by atoms with E-state index in [1.165, 1.54) is 0 Å². The molecular weight excluding hydrogens is 1280 g/mol. The van der Waals surface area contributed by atoms with Crippen LogP contribution >= 0.6 is 0 Å². The molecule has 0 bridgehead atoms. The molecule has 3 aliphatic rings. The number of terminal acetylenes is 1. The van der Waals surface area contributed by atoms with E-state index >= 15 is 0 Å². The molecular formula is C58H103N5O32. The molecule has 9 unspecified atom stereocenters. The number of hydrogen-bond donors (Lipinski definition) is 17. The molecule has 0 spiro atoms. The first-order valence-corrected chi connectivity index (χ1v) is 31.6. The Labute approximate surface area is 550 Å². The SMILES string of the molecule is C#CC(=O)NCCCCCC(=O)NC(COCCC(=O)NCCOCCOCCO[C@H]1OC(CO)[C@@H](O)C(O)C1O)(COCCC(=O)NCCOCCOCCO[C@H]1OC(CO)[C@@H](O)C(O)C1O)COCCC(=O)NCCOCCOCCO[C@H]1OC(CO)[C@@H](O)C(O)C1O. The van der Waals surface area contributed by atoms with Crippen molar-refractivity contribution in [3.05, 3.63) is 0 Å². The fourth-order valence-corrected chi connectivity index (χ4v) is 9.03. The Bertz CT molecular complexity index is 1920. The largest absolute Gasteiger partial charge is 0.394 e. The van der Waals surface area contributed by atoms with Crippen molar-refractivity contribution in [1.29, 1.82) is 0 Å². The molecule has 3 fully saturated rings. The summed E-state index contributed by atoms with van der Waals surface area (Å²) < 4.78 is 82.8. The molecule has 0 aromatic rings. The van der Waals surface area contributed by atoms with E-state index in [2.05, 4.69) is 26.6 Å². The van der Waals surface area contributed by atoms with E-state index in [0.717, 1.165) is 0 Å². The zero-order chi connectivity index (χ0) is 69.6. The first-order valence-electron chi connectivity index (χ1n) is 31.6. The van der Waals surface area contributed by atoms with Gasteiger partial charge in [0.15, 0.2) is 18.9 Å². The van der Waals surface area contributed by atoms with Gasteiger partial charge < -0.3 is 159 Å². The standard InChI is InChI=1S/C58H103N5O32/c1-2-41(67)59-10-5-3-4-6-45(71)63-58(35-87-14-7-42(68)60-11-17-81-20-23-84-26-29-90-55-52(78)49(75)46(72)38(32-64)93-55,36-88-15-8-43(69)61-12-18-82-21-24-85-27-30-91-56-53(79)50(76)47(73)39(33-65)94-56)37-89-16-9-44(70)62-13-19-83-22-25-86-28-31-92-57-54(80)51(77)48(74)40(34-66)95-57/h1,38-40,46-57,64-66,72-80H,3-37H2,(H,59,67)(H,60,68)(H,61,69)(H,62,70)(H,63,71)/t38?,39?,40?,46-,47-,48-,49?,50?,51?,52?,53?,54?,55+,56+,57+,58?/m1/s1. The Morgan fingerprint density at radius 3 is 0.979 bits per heavy atom. The van der Waals surface area contributed by atoms with Crippen LogP contribution in [-0.2, 0) is 95.0 Å². The fraction of sp³-hybridized carbons (Fsp3) is 0.879. The van der Waals surface area contributed by atoms with E-state index in [9.17, 15) is 85.3 Å². The highest BCUT2D eigenvalue weighted by Crippen LogP contribution is 2.24. The van der Waals surface area contributed by atoms with Crippen molar-refractivity contribution in [3.8, 4) is 12.3 Å². The molecule has 15 atom stereocenters. The molecule has 552 valence electrons. The first kappa shape index (κ1) is 85.1. The summed E-state index contributed by atoms with van der Waals surface area (Å²) in [4.78, 5) is 63.6. The Morgan fingerprint density at radius 1 is 0.347 bits per heavy atom. The normalized spacial score (nSPS) is 26.7. The van der Waals surface area contributed by atoms with E-state index in [4.69, 9.17) is 77.5 Å². The third-order valence-corrected chi connectivity index (χ3v) is 14.4. The summed E-state index contributed by atoms with van der Waals surface area (Å²) in [5.41, 5.74) is -1.42. The average molecular weight is 1380 g/mol. The zero-order valence-electron chi connectivity index (χ0n) is 53.5. The maximum absolute atomic E-state index is 13.6. The lowest BCUT2D eigenvalue weighted by atomic mass is 9.99. The van der Waals surface area contributed by atoms with Crippen LogP contribution in [0.3, 0.4) is 0 Å². The molecule has 3 heterocycles. The maximum atomic E-state index is 13.6. The molecule has 17 N–H and O–H groups in total. The highest BCUT2D eigenvalue weighted by molar-refractivity contribution is 5.92. The van der Waals surface area contributed by atoms with Crippen molar-refractivity contribution in [2.75, 3.05) is 185 Å². The number of amides is 5. The number of hydrogen-bond acceptors (Lipinski definition) is 32. The van der Waals surface area contributed by atoms with Crippen molar-refractivity contribution < 1.29 is 156 Å². The molecule has 3 rings (SSSR count). The number of carbonyl (C=O) groups excluding carboxylic acids is 5. The minimum absolute atomic E-state index is 0.0362. The second kappa shape index (κ2) is 51.1. The number of rotatable bonds is 55. The molecule has 37 nitrogen and oxygen atoms in total. The van der Waals surface area contributed by atoms with Crippen LogP contribution in [0, 0.1) is 12.3 Å². The highest BCUT2D eigenvalue weighted by atomic mass is 16.7. The van der Waals surface area contributed by atoms with E-state index in [-0.39, 0.29) is 202 Å². The summed E-state index contributed by atoms with van der Waals surface area (Å²) in [6.07, 6.45) is -14.8. The summed E-state index contributed by atoms with van der Waals surface area (Å²) in [6, 6.07) is 0. The van der Waals surface area contributed by atoms with Gasteiger partial charge in [0, 0.05) is 51.9 Å². The second-order valence-corrected chi connectivity index (χ2v) is 21.9. The van der Waals surface area contributed by atoms with Gasteiger partial charge in [-0.1, -0.05) is 6.42 Å². The molecule has 0 saturated carbocycles. The van der Waals surface area contributed by atoms with Crippen molar-refractivity contribution in [2.24, 2.45) is 0 Å². The van der Waals surface area contributed by atoms with Gasteiger partial charge in [-0.25, -0.2) is 0 Å². The lowest BCUT2D eigenvalue weighted by molar-refractivity contribution is -0.302. The Morgan fingerprint density at radius 2 is 0.663 bits per heavy atom. The molecule has 95 heavy (non-hydrogen) atoms. The number of aliphatic hydroxyl groups is 12. The third kappa shape index (κ3) is 34.9. The van der Waals surface area contributed by atoms with Crippen LogP contribution in [0.25, 0.3) is 0 Å². The predicted octanol–water partition coefficient (Wildman–Crippen LogP) is -9.73. The quantitative estimate of drug-likeness (QED) is 0.0199. The predicted molar refractivity (Wildman–Crippen MR) is 321 cm³/mol. The van der Waals surface area contributed by atoms with Crippen molar-refractivity contribution in [3.63, 3.8) is 0 Å². The molecule has 3 saturated heterocycles. The Hall–Kier alpha value is -4.17. The van der Waals surface area contributed by atoms with Gasteiger partial charge in [-0.2, -0.15) is 0 Å². The summed E-state index contributed by atoms with van der Waals surface area (Å²) in [7, 11) is 0. The van der Waals surface area contributed by atoms with E-state index in [1.54, 1.807) is 0 Å². The van der Waals surface area contributed by atoms with Crippen LogP contribution in [0.1, 0.15) is 44.9 Å². The van der Waals surface area contributed by atoms with Crippen LogP contribution in [0.4, 0.5) is 0 Å². The van der Waals surface area contributed by atoms with E-state index in [1.807, 2.05) is 5.92 Å². The first-order chi connectivity index (χ1) is 45.8. The fourth-order valence-electron chi connectivity index (χ4n) is 9.03. The number of unbranched alkanes of at least 4 members (excludes halogenated alkanes) is 2. The van der Waals surface area contributed by atoms with Gasteiger partial charge in [0.25, 0.3) is 5.91 Å². The molecule has 5 amide bonds. The zero-order valence-corrected chi connectivity index (χ0v) is 53.5. The molecule has 37 heteroatoms. The Balaban J connectivity index is 1.47. The molecule has 0 radical (unpaired) electrons. The van der Waals surface area contributed by atoms with Crippen molar-refractivity contribution in [1.82, 2.24) is 26.6 Å². The van der Waals surface area contributed by atoms with Crippen molar-refractivity contribution in [2.45, 2.75) is 143 Å². The second-order valence-electron chi connectivity index (χ2n) is 21.9. The highest BCUT2D eigenvalue weighted by Gasteiger charge is 2.46. The van der Waals surface area contributed by atoms with Gasteiger partial charge in [-0.05, 0) is 18.8 Å². The van der Waals surface area contributed by atoms with Gasteiger partial charge in [0.05, 0.1) is 159 Å². The van der Waals surface area contributed by atoms with Gasteiger partial charge in [0.2, 0.25) is 23.6 Å². The van der Waals surface area contributed by atoms with Gasteiger partial charge in [-0.15, -0.1) is 6.42 Å². The van der Waals surface area contributed by atoms with Gasteiger partial charge >= 0.3 is 0 Å². The minimum Gasteiger partial charge on any atom is -0.394 e. The monoisotopic (exact) mass is 1380 g/mol. The number of nitrogens with one attached hydrogen (secondary N) is 5. The van der Waals surface area contributed by atoms with Gasteiger partial charge in [0.1, 0.15) is 78.8 Å². The molecule has 0 aromatic heterocycles. The van der Waals surface area contributed by atoms with Crippen LogP contribution in [0.2, 0.25) is 0 Å². The van der Waals surface area contributed by atoms with Crippen LogP contribution in [-0.4, -0.2) is 373 Å². The summed E-state index contributed by atoms with van der Waals surface area (Å²) in [5, 5.41) is 131. The third-order valence-electron chi connectivity index (χ3n) is 14.4. The topological polar surface area (TPSA) is 527 Å². The average Bonchev–Trinajstić information content (AvgIpc) is 0.859. The molecule has 0 aliphatic carbocycles. The summed E-state index contributed by atoms with van der Waals surface area (Å²) >= 11 is 0. The van der Waals surface area contributed by atoms with Crippen molar-refractivity contribution >= 4 is 29.5 Å². The minimum atomic E-state index is -1.58. The smallest absolute Gasteiger partial charge is 0.295 e. The number of carbonyl (C=O) groups is 5. The van der Waals surface area contributed by atoms with Crippen LogP contribution in [0.15, 0.2) is 0 Å². The van der Waals surface area contributed by atoms with E-state index < -0.39 is 129 Å². The number of ether oxygens (including phenoxy) is 15. The lowest BCUT2D eigenvalue weighted by Crippen LogP contribution is -2.59. The van der Waals surface area contributed by atoms with Gasteiger partial charge in [-0.3, -0.25) is 24.0 Å². The van der Waals surface area contributed by atoms with E-state index in [0.29, 0.717) is 25.8 Å². The van der Waals surface area contributed by atoms with Crippen LogP contribution < -0.4 is 26.6 Å². The summed E-state index contributed by atoms with van der Waals surface area (Å²) in [6.45, 7) is -0.883. The maximum Gasteiger partial charge on any atom is 0.295 e. The lowest BCUT2D eigenvalue weighted by Gasteiger charge is -2.39. The Kier molecular flexibility index (Phi) is 45.7. The molecule has 3 aliphatic heterocycles. The number of aliphatic hydroxyl groups excluding tert-OH is 12. The molecule has 0 aromatic carbocycles.